The lowest BCUT2D eigenvalue weighted by Gasteiger charge is -2.25. The molecule has 0 saturated carbocycles. The number of carbonyl (C=O) groups excluding carboxylic acids is 1. The van der Waals surface area contributed by atoms with Gasteiger partial charge in [-0.05, 0) is 74.2 Å². The van der Waals surface area contributed by atoms with Crippen LogP contribution in [0.5, 0.6) is 17.2 Å². The predicted molar refractivity (Wildman–Crippen MR) is 152 cm³/mol. The van der Waals surface area contributed by atoms with E-state index in [1.165, 1.54) is 11.3 Å². The fourth-order valence-electron chi connectivity index (χ4n) is 4.49. The molecule has 8 nitrogen and oxygen atoms in total. The minimum absolute atomic E-state index is 0.205. The van der Waals surface area contributed by atoms with Crippen LogP contribution in [0.1, 0.15) is 56.3 Å². The summed E-state index contributed by atoms with van der Waals surface area (Å²) in [6.07, 6.45) is 3.78. The number of fused-ring (bicyclic) bond motifs is 1. The molecule has 0 bridgehead atoms. The number of unbranched alkanes of at least 4 members (excludes halogenated alkanes) is 1. The summed E-state index contributed by atoms with van der Waals surface area (Å²) in [6.45, 7) is 8.36. The lowest BCUT2D eigenvalue weighted by molar-refractivity contribution is -0.139. The second-order valence-electron chi connectivity index (χ2n) is 9.14. The fraction of sp³-hybridized carbons (Fsp3) is 0.367. The molecule has 9 heteroatoms. The molecule has 1 aliphatic rings. The molecule has 1 aromatic heterocycles. The van der Waals surface area contributed by atoms with Crippen molar-refractivity contribution in [2.24, 2.45) is 4.99 Å². The number of rotatable bonds is 10. The molecule has 2 aromatic carbocycles. The number of benzene rings is 2. The highest BCUT2D eigenvalue weighted by molar-refractivity contribution is 7.07. The first-order chi connectivity index (χ1) is 18.8. The van der Waals surface area contributed by atoms with Crippen molar-refractivity contribution in [2.75, 3.05) is 27.4 Å². The van der Waals surface area contributed by atoms with Gasteiger partial charge in [0.1, 0.15) is 5.75 Å². The van der Waals surface area contributed by atoms with Crippen LogP contribution in [-0.2, 0) is 9.53 Å². The minimum Gasteiger partial charge on any atom is -0.497 e. The van der Waals surface area contributed by atoms with Gasteiger partial charge < -0.3 is 18.9 Å². The van der Waals surface area contributed by atoms with Gasteiger partial charge in [0.15, 0.2) is 16.3 Å². The van der Waals surface area contributed by atoms with Crippen molar-refractivity contribution in [3.05, 3.63) is 84.0 Å². The van der Waals surface area contributed by atoms with Crippen LogP contribution in [0.25, 0.3) is 6.08 Å². The van der Waals surface area contributed by atoms with Crippen LogP contribution in [0.4, 0.5) is 0 Å². The number of nitrogens with zero attached hydrogens (tertiary/aromatic N) is 2. The summed E-state index contributed by atoms with van der Waals surface area (Å²) in [6, 6.07) is 10.5. The van der Waals surface area contributed by atoms with E-state index in [1.54, 1.807) is 32.6 Å². The third kappa shape index (κ3) is 5.78. The molecule has 0 saturated heterocycles. The van der Waals surface area contributed by atoms with E-state index in [1.807, 2.05) is 49.4 Å². The summed E-state index contributed by atoms with van der Waals surface area (Å²) in [4.78, 5) is 32.2. The maximum atomic E-state index is 13.9. The lowest BCUT2D eigenvalue weighted by Crippen LogP contribution is -2.40. The van der Waals surface area contributed by atoms with Crippen LogP contribution in [0.3, 0.4) is 0 Å². The number of allylic oxidation sites excluding steroid dienone is 1. The Labute approximate surface area is 231 Å². The highest BCUT2D eigenvalue weighted by Gasteiger charge is 2.34. The highest BCUT2D eigenvalue weighted by atomic mass is 32.1. The largest absolute Gasteiger partial charge is 0.497 e. The zero-order valence-corrected chi connectivity index (χ0v) is 24.0. The first-order valence-corrected chi connectivity index (χ1v) is 13.8. The van der Waals surface area contributed by atoms with Crippen molar-refractivity contribution >= 4 is 23.4 Å². The van der Waals surface area contributed by atoms with Crippen molar-refractivity contribution < 1.29 is 23.7 Å². The average Bonchev–Trinajstić information content (AvgIpc) is 3.23. The number of esters is 1. The predicted octanol–water partition coefficient (Wildman–Crippen LogP) is 4.30. The van der Waals surface area contributed by atoms with Gasteiger partial charge in [-0.3, -0.25) is 9.36 Å². The number of hydrogen-bond donors (Lipinski definition) is 0. The molecule has 0 aliphatic carbocycles. The van der Waals surface area contributed by atoms with Gasteiger partial charge >= 0.3 is 5.97 Å². The number of thiazole rings is 1. The Morgan fingerprint density at radius 1 is 1.08 bits per heavy atom. The van der Waals surface area contributed by atoms with E-state index in [4.69, 9.17) is 18.9 Å². The number of aryl methyl sites for hydroxylation is 1. The summed E-state index contributed by atoms with van der Waals surface area (Å²) in [5, 5.41) is 0. The summed E-state index contributed by atoms with van der Waals surface area (Å²) in [5.74, 6) is 1.37. The molecule has 1 aliphatic heterocycles. The Hall–Kier alpha value is -3.85. The molecule has 0 radical (unpaired) electrons. The van der Waals surface area contributed by atoms with E-state index >= 15 is 0 Å². The maximum Gasteiger partial charge on any atom is 0.338 e. The standard InChI is InChI=1S/C30H34N2O6S/c1-7-9-14-38-23-13-11-21(16-24(23)36-6)27-26(29(34)37-8-2)19(4)31-30-32(27)28(33)25(39-30)17-20-10-12-22(35-5)15-18(20)3/h10-13,15-17,27H,7-9,14H2,1-6H3/b25-17-/t27-/m0/s1. The van der Waals surface area contributed by atoms with E-state index in [0.717, 1.165) is 29.7 Å². The molecule has 0 amide bonds. The van der Waals surface area contributed by atoms with Gasteiger partial charge in [-0.2, -0.15) is 0 Å². The van der Waals surface area contributed by atoms with Crippen molar-refractivity contribution in [1.29, 1.82) is 0 Å². The molecule has 0 unspecified atom stereocenters. The monoisotopic (exact) mass is 550 g/mol. The number of hydrogen-bond acceptors (Lipinski definition) is 8. The van der Waals surface area contributed by atoms with Crippen LogP contribution in [0.2, 0.25) is 0 Å². The van der Waals surface area contributed by atoms with E-state index in [9.17, 15) is 9.59 Å². The first-order valence-electron chi connectivity index (χ1n) is 13.0. The molecule has 4 rings (SSSR count). The molecule has 39 heavy (non-hydrogen) atoms. The van der Waals surface area contributed by atoms with Gasteiger partial charge in [-0.25, -0.2) is 9.79 Å². The maximum absolute atomic E-state index is 13.9. The minimum atomic E-state index is -0.738. The summed E-state index contributed by atoms with van der Waals surface area (Å²) in [7, 11) is 3.19. The van der Waals surface area contributed by atoms with Crippen molar-refractivity contribution in [3.8, 4) is 17.2 Å². The fourth-order valence-corrected chi connectivity index (χ4v) is 5.52. The zero-order valence-electron chi connectivity index (χ0n) is 23.2. The number of ether oxygens (including phenoxy) is 4. The molecule has 0 spiro atoms. The first kappa shape index (κ1) is 28.2. The molecule has 2 heterocycles. The summed E-state index contributed by atoms with van der Waals surface area (Å²) >= 11 is 1.29. The topological polar surface area (TPSA) is 88.4 Å². The Bertz CT molecular complexity index is 1580. The van der Waals surface area contributed by atoms with Gasteiger partial charge in [0.05, 0.1) is 49.3 Å². The van der Waals surface area contributed by atoms with Gasteiger partial charge in [-0.15, -0.1) is 0 Å². The van der Waals surface area contributed by atoms with Gasteiger partial charge in [0.2, 0.25) is 0 Å². The Morgan fingerprint density at radius 2 is 1.87 bits per heavy atom. The smallest absolute Gasteiger partial charge is 0.338 e. The van der Waals surface area contributed by atoms with Gasteiger partial charge in [0, 0.05) is 0 Å². The summed E-state index contributed by atoms with van der Waals surface area (Å²) in [5.41, 5.74) is 3.15. The number of methoxy groups -OCH3 is 2. The normalized spacial score (nSPS) is 15.0. The van der Waals surface area contributed by atoms with Crippen LogP contribution >= 0.6 is 11.3 Å². The molecule has 0 N–H and O–H groups in total. The van der Waals surface area contributed by atoms with Crippen LogP contribution < -0.4 is 29.1 Å². The second-order valence-corrected chi connectivity index (χ2v) is 10.1. The van der Waals surface area contributed by atoms with Crippen molar-refractivity contribution in [3.63, 3.8) is 0 Å². The lowest BCUT2D eigenvalue weighted by atomic mass is 9.95. The molecule has 3 aromatic rings. The zero-order chi connectivity index (χ0) is 28.1. The number of aromatic nitrogens is 1. The highest BCUT2D eigenvalue weighted by Crippen LogP contribution is 2.36. The Morgan fingerprint density at radius 3 is 2.54 bits per heavy atom. The van der Waals surface area contributed by atoms with Crippen LogP contribution in [0.15, 0.2) is 57.5 Å². The third-order valence-electron chi connectivity index (χ3n) is 6.54. The van der Waals surface area contributed by atoms with Crippen molar-refractivity contribution in [1.82, 2.24) is 4.57 Å². The Balaban J connectivity index is 1.89. The molecule has 0 fully saturated rings. The van der Waals surface area contributed by atoms with Crippen molar-refractivity contribution in [2.45, 2.75) is 46.6 Å². The molecular weight excluding hydrogens is 516 g/mol. The van der Waals surface area contributed by atoms with E-state index < -0.39 is 12.0 Å². The van der Waals surface area contributed by atoms with Crippen LogP contribution in [-0.4, -0.2) is 38.0 Å². The van der Waals surface area contributed by atoms with E-state index in [2.05, 4.69) is 11.9 Å². The quantitative estimate of drug-likeness (QED) is 0.276. The molecule has 1 atom stereocenters. The SMILES string of the molecule is CCCCOc1ccc([C@H]2C(C(=O)OCC)=C(C)N=c3s/c(=C\c4ccc(OC)cc4C)c(=O)n32)cc1OC. The average molecular weight is 551 g/mol. The van der Waals surface area contributed by atoms with Crippen LogP contribution in [0, 0.1) is 6.92 Å². The van der Waals surface area contributed by atoms with E-state index in [0.29, 0.717) is 44.3 Å². The van der Waals surface area contributed by atoms with E-state index in [-0.39, 0.29) is 12.2 Å². The van der Waals surface area contributed by atoms with Gasteiger partial charge in [0.25, 0.3) is 5.56 Å². The number of carbonyl (C=O) groups is 1. The molecular formula is C30H34N2O6S. The summed E-state index contributed by atoms with van der Waals surface area (Å²) < 4.78 is 24.3. The molecule has 206 valence electrons. The Kier molecular flexibility index (Phi) is 8.91. The second kappa shape index (κ2) is 12.3. The third-order valence-corrected chi connectivity index (χ3v) is 7.52. The van der Waals surface area contributed by atoms with Gasteiger partial charge in [-0.1, -0.05) is 36.8 Å².